The number of aryl methyl sites for hydroxylation is 1. The highest BCUT2D eigenvalue weighted by molar-refractivity contribution is 7.90. The van der Waals surface area contributed by atoms with Crippen molar-refractivity contribution in [3.63, 3.8) is 0 Å². The topological polar surface area (TPSA) is 69.0 Å². The van der Waals surface area contributed by atoms with Crippen molar-refractivity contribution in [2.75, 3.05) is 0 Å². The van der Waals surface area contributed by atoms with Crippen LogP contribution in [0.1, 0.15) is 11.3 Å². The summed E-state index contributed by atoms with van der Waals surface area (Å²) in [5.41, 5.74) is 1.20. The fourth-order valence-corrected chi connectivity index (χ4v) is 3.06. The Hall–Kier alpha value is -1.66. The first-order valence-corrected chi connectivity index (χ1v) is 7.25. The zero-order valence-corrected chi connectivity index (χ0v) is 11.6. The number of aromatic nitrogens is 2. The number of hydrogen-bond donors (Lipinski definition) is 0. The second-order valence-corrected chi connectivity index (χ2v) is 6.27. The molecule has 0 unspecified atom stereocenters. The van der Waals surface area contributed by atoms with E-state index in [0.717, 1.165) is 15.9 Å². The van der Waals surface area contributed by atoms with E-state index in [1.807, 2.05) is 6.92 Å². The predicted octanol–water partition coefficient (Wildman–Crippen LogP) is 1.74. The molecule has 2 rings (SSSR count). The van der Waals surface area contributed by atoms with Crippen molar-refractivity contribution >= 4 is 26.9 Å². The van der Waals surface area contributed by atoms with Gasteiger partial charge in [-0.05, 0) is 30.7 Å². The van der Waals surface area contributed by atoms with E-state index in [2.05, 4.69) is 4.98 Å². The van der Waals surface area contributed by atoms with Gasteiger partial charge in [-0.1, -0.05) is 17.7 Å². The molecule has 0 bridgehead atoms. The van der Waals surface area contributed by atoms with Crippen LogP contribution < -0.4 is 0 Å². The molecule has 0 amide bonds. The number of imidazole rings is 1. The van der Waals surface area contributed by atoms with Crippen molar-refractivity contribution < 1.29 is 13.2 Å². The second-order valence-electron chi connectivity index (χ2n) is 4.03. The fraction of sp³-hybridized carbons (Fsp3) is 0.167. The molecule has 2 aromatic rings. The maximum absolute atomic E-state index is 12.4. The maximum atomic E-state index is 12.4. The van der Waals surface area contributed by atoms with Gasteiger partial charge in [0.15, 0.2) is 0 Å². The SMILES string of the molecule is Cc1ccc(S(=O)(=O)n2cncc2CC(=O)Cl)cc1. The number of carbonyl (C=O) groups excluding carboxylic acids is 1. The third-order valence-corrected chi connectivity index (χ3v) is 4.42. The minimum absolute atomic E-state index is 0.138. The van der Waals surface area contributed by atoms with Gasteiger partial charge in [-0.15, -0.1) is 0 Å². The Kier molecular flexibility index (Phi) is 3.73. The number of nitrogens with zero attached hydrogens (tertiary/aromatic N) is 2. The Labute approximate surface area is 115 Å². The lowest BCUT2D eigenvalue weighted by Crippen LogP contribution is -2.16. The average Bonchev–Trinajstić information content (AvgIpc) is 2.77. The van der Waals surface area contributed by atoms with E-state index in [1.54, 1.807) is 12.1 Å². The Morgan fingerprint density at radius 3 is 2.53 bits per heavy atom. The van der Waals surface area contributed by atoms with Crippen molar-refractivity contribution in [3.05, 3.63) is 48.0 Å². The Morgan fingerprint density at radius 1 is 1.32 bits per heavy atom. The summed E-state index contributed by atoms with van der Waals surface area (Å²) in [6.45, 7) is 1.87. The summed E-state index contributed by atoms with van der Waals surface area (Å²) in [4.78, 5) is 14.8. The van der Waals surface area contributed by atoms with Gasteiger partial charge in [-0.2, -0.15) is 0 Å². The number of carbonyl (C=O) groups is 1. The van der Waals surface area contributed by atoms with E-state index < -0.39 is 15.3 Å². The second kappa shape index (κ2) is 5.14. The van der Waals surface area contributed by atoms with Gasteiger partial charge in [0.05, 0.1) is 17.0 Å². The average molecular weight is 299 g/mol. The summed E-state index contributed by atoms with van der Waals surface area (Å²) < 4.78 is 25.7. The van der Waals surface area contributed by atoms with Gasteiger partial charge in [-0.25, -0.2) is 17.4 Å². The molecule has 0 saturated heterocycles. The molecule has 0 N–H and O–H groups in total. The molecular formula is C12H11ClN2O3S. The maximum Gasteiger partial charge on any atom is 0.269 e. The lowest BCUT2D eigenvalue weighted by Gasteiger charge is -2.08. The first kappa shape index (κ1) is 13.8. The molecule has 0 aliphatic carbocycles. The fourth-order valence-electron chi connectivity index (χ4n) is 1.62. The number of rotatable bonds is 4. The molecule has 1 aromatic heterocycles. The summed E-state index contributed by atoms with van der Waals surface area (Å²) in [7, 11) is -3.75. The highest BCUT2D eigenvalue weighted by atomic mass is 35.5. The van der Waals surface area contributed by atoms with Crippen LogP contribution in [0.15, 0.2) is 41.7 Å². The summed E-state index contributed by atoms with van der Waals surface area (Å²) in [6, 6.07) is 6.43. The molecule has 5 nitrogen and oxygen atoms in total. The van der Waals surface area contributed by atoms with Crippen LogP contribution in [0.25, 0.3) is 0 Å². The van der Waals surface area contributed by atoms with Crippen LogP contribution in [0.3, 0.4) is 0 Å². The molecule has 0 radical (unpaired) electrons. The van der Waals surface area contributed by atoms with Gasteiger partial charge < -0.3 is 0 Å². The molecular weight excluding hydrogens is 288 g/mol. The zero-order valence-electron chi connectivity index (χ0n) is 10.1. The van der Waals surface area contributed by atoms with Gasteiger partial charge >= 0.3 is 0 Å². The largest absolute Gasteiger partial charge is 0.281 e. The zero-order chi connectivity index (χ0) is 14.0. The van der Waals surface area contributed by atoms with Gasteiger partial charge in [0.2, 0.25) is 5.24 Å². The number of hydrogen-bond acceptors (Lipinski definition) is 4. The van der Waals surface area contributed by atoms with Crippen LogP contribution >= 0.6 is 11.6 Å². The van der Waals surface area contributed by atoms with Crippen molar-refractivity contribution in [3.8, 4) is 0 Å². The van der Waals surface area contributed by atoms with Crippen molar-refractivity contribution in [1.82, 2.24) is 8.96 Å². The number of benzene rings is 1. The standard InChI is InChI=1S/C12H11ClN2O3S/c1-9-2-4-11(5-3-9)19(17,18)15-8-14-7-10(15)6-12(13)16/h2-5,7-8H,6H2,1H3. The van der Waals surface area contributed by atoms with E-state index in [1.165, 1.54) is 18.3 Å². The van der Waals surface area contributed by atoms with E-state index >= 15 is 0 Å². The summed E-state index contributed by atoms with van der Waals surface area (Å²) in [5.74, 6) is 0. The predicted molar refractivity (Wildman–Crippen MR) is 70.6 cm³/mol. The minimum atomic E-state index is -3.75. The monoisotopic (exact) mass is 298 g/mol. The van der Waals surface area contributed by atoms with E-state index in [9.17, 15) is 13.2 Å². The molecule has 100 valence electrons. The highest BCUT2D eigenvalue weighted by Gasteiger charge is 2.20. The molecule has 7 heteroatoms. The van der Waals surface area contributed by atoms with Gasteiger partial charge in [0.25, 0.3) is 10.0 Å². The van der Waals surface area contributed by atoms with Crippen LogP contribution in [-0.4, -0.2) is 22.6 Å². The van der Waals surface area contributed by atoms with Crippen molar-refractivity contribution in [2.45, 2.75) is 18.2 Å². The first-order valence-electron chi connectivity index (χ1n) is 5.43. The Bertz CT molecular complexity index is 705. The lowest BCUT2D eigenvalue weighted by atomic mass is 10.2. The van der Waals surface area contributed by atoms with Gasteiger partial charge in [-0.3, -0.25) is 4.79 Å². The quantitative estimate of drug-likeness (QED) is 0.806. The summed E-state index contributed by atoms with van der Waals surface area (Å²) in [5, 5.41) is -0.638. The Balaban J connectivity index is 2.48. The molecule has 19 heavy (non-hydrogen) atoms. The van der Waals surface area contributed by atoms with Gasteiger partial charge in [0, 0.05) is 6.20 Å². The molecule has 1 heterocycles. The van der Waals surface area contributed by atoms with Crippen LogP contribution in [0, 0.1) is 6.92 Å². The third kappa shape index (κ3) is 2.85. The van der Waals surface area contributed by atoms with Crippen molar-refractivity contribution in [1.29, 1.82) is 0 Å². The lowest BCUT2D eigenvalue weighted by molar-refractivity contribution is -0.111. The molecule has 1 aromatic carbocycles. The minimum Gasteiger partial charge on any atom is -0.281 e. The smallest absolute Gasteiger partial charge is 0.269 e. The van der Waals surface area contributed by atoms with Crippen LogP contribution in [0.4, 0.5) is 0 Å². The molecule has 0 aliphatic heterocycles. The van der Waals surface area contributed by atoms with Crippen LogP contribution in [0.2, 0.25) is 0 Å². The van der Waals surface area contributed by atoms with Gasteiger partial charge in [0.1, 0.15) is 6.33 Å². The number of halogens is 1. The first-order chi connectivity index (χ1) is 8.91. The molecule has 0 spiro atoms. The summed E-state index contributed by atoms with van der Waals surface area (Å²) in [6.07, 6.45) is 2.28. The third-order valence-electron chi connectivity index (χ3n) is 2.58. The molecule has 0 saturated carbocycles. The van der Waals surface area contributed by atoms with E-state index in [4.69, 9.17) is 11.6 Å². The summed E-state index contributed by atoms with van der Waals surface area (Å²) >= 11 is 5.28. The van der Waals surface area contributed by atoms with Crippen molar-refractivity contribution in [2.24, 2.45) is 0 Å². The normalized spacial score (nSPS) is 11.5. The molecule has 0 atom stereocenters. The van der Waals surface area contributed by atoms with Crippen LogP contribution in [0.5, 0.6) is 0 Å². The highest BCUT2D eigenvalue weighted by Crippen LogP contribution is 2.17. The Morgan fingerprint density at radius 2 is 1.95 bits per heavy atom. The van der Waals surface area contributed by atoms with E-state index in [-0.39, 0.29) is 17.0 Å². The molecule has 0 fully saturated rings. The van der Waals surface area contributed by atoms with Crippen LogP contribution in [-0.2, 0) is 21.2 Å². The molecule has 0 aliphatic rings. The van der Waals surface area contributed by atoms with E-state index in [0.29, 0.717) is 0 Å².